The second-order valence-corrected chi connectivity index (χ2v) is 6.77. The molecule has 0 unspecified atom stereocenters. The third kappa shape index (κ3) is 3.90. The number of carbonyl (C=O) groups excluding carboxylic acids is 2. The first-order valence-corrected chi connectivity index (χ1v) is 8.34. The molecule has 0 saturated heterocycles. The fraction of sp³-hybridized carbons (Fsp3) is 0.300. The maximum Gasteiger partial charge on any atom is 0.278 e. The van der Waals surface area contributed by atoms with Crippen molar-refractivity contribution in [3.63, 3.8) is 0 Å². The maximum absolute atomic E-state index is 14.1. The fourth-order valence-electron chi connectivity index (χ4n) is 2.69. The van der Waals surface area contributed by atoms with Crippen LogP contribution in [0.3, 0.4) is 0 Å². The largest absolute Gasteiger partial charge is 0.278 e. The molecule has 6 heteroatoms. The molecule has 138 valence electrons. The van der Waals surface area contributed by atoms with E-state index >= 15 is 0 Å². The summed E-state index contributed by atoms with van der Waals surface area (Å²) in [6, 6.07) is 11.7. The minimum atomic E-state index is -0.965. The first kappa shape index (κ1) is 19.6. The summed E-state index contributed by atoms with van der Waals surface area (Å²) in [5.41, 5.74) is -1.18. The smallest absolute Gasteiger partial charge is 0.267 e. The van der Waals surface area contributed by atoms with Crippen molar-refractivity contribution in [1.82, 2.24) is 10.0 Å². The van der Waals surface area contributed by atoms with Gasteiger partial charge in [-0.15, -0.1) is 0 Å². The lowest BCUT2D eigenvalue weighted by Gasteiger charge is -2.43. The SMILES string of the molecule is CCN(C(=O)c1ccccc1)N(C(=O)c1c(F)cccc1F)C(C)(C)C. The van der Waals surface area contributed by atoms with Gasteiger partial charge < -0.3 is 0 Å². The van der Waals surface area contributed by atoms with E-state index in [1.54, 1.807) is 58.0 Å². The van der Waals surface area contributed by atoms with Gasteiger partial charge in [0.25, 0.3) is 11.8 Å². The van der Waals surface area contributed by atoms with Gasteiger partial charge in [0, 0.05) is 12.1 Å². The maximum atomic E-state index is 14.1. The first-order chi connectivity index (χ1) is 12.2. The molecule has 0 fully saturated rings. The van der Waals surface area contributed by atoms with Crippen LogP contribution in [0.2, 0.25) is 0 Å². The minimum absolute atomic E-state index is 0.160. The molecule has 4 nitrogen and oxygen atoms in total. The van der Waals surface area contributed by atoms with Crippen LogP contribution in [-0.2, 0) is 0 Å². The van der Waals surface area contributed by atoms with E-state index in [1.807, 2.05) is 0 Å². The molecule has 0 atom stereocenters. The molecule has 0 aromatic heterocycles. The second-order valence-electron chi connectivity index (χ2n) is 6.77. The van der Waals surface area contributed by atoms with Crippen LogP contribution >= 0.6 is 0 Å². The second kappa shape index (κ2) is 7.64. The molecule has 0 aliphatic rings. The molecule has 2 aromatic rings. The number of carbonyl (C=O) groups is 2. The van der Waals surface area contributed by atoms with Crippen molar-refractivity contribution in [3.05, 3.63) is 71.3 Å². The molecule has 26 heavy (non-hydrogen) atoms. The highest BCUT2D eigenvalue weighted by Crippen LogP contribution is 2.24. The highest BCUT2D eigenvalue weighted by Gasteiger charge is 2.37. The van der Waals surface area contributed by atoms with Gasteiger partial charge in [0.05, 0.1) is 5.54 Å². The number of amides is 2. The Hall–Kier alpha value is -2.76. The molecular formula is C20H22F2N2O2. The highest BCUT2D eigenvalue weighted by atomic mass is 19.1. The number of hydrazine groups is 1. The molecule has 0 aliphatic heterocycles. The molecule has 0 saturated carbocycles. The van der Waals surface area contributed by atoms with Gasteiger partial charge in [-0.1, -0.05) is 24.3 Å². The topological polar surface area (TPSA) is 40.6 Å². The predicted molar refractivity (Wildman–Crippen MR) is 95.4 cm³/mol. The Bertz CT molecular complexity index is 781. The summed E-state index contributed by atoms with van der Waals surface area (Å²) in [4.78, 5) is 25.9. The summed E-state index contributed by atoms with van der Waals surface area (Å²) < 4.78 is 28.3. The van der Waals surface area contributed by atoms with Gasteiger partial charge in [0.2, 0.25) is 0 Å². The lowest BCUT2D eigenvalue weighted by Crippen LogP contribution is -2.58. The van der Waals surface area contributed by atoms with Crippen molar-refractivity contribution in [2.24, 2.45) is 0 Å². The van der Waals surface area contributed by atoms with Gasteiger partial charge in [-0.25, -0.2) is 18.8 Å². The Morgan fingerprint density at radius 3 is 1.88 bits per heavy atom. The van der Waals surface area contributed by atoms with Crippen LogP contribution in [-0.4, -0.2) is 33.9 Å². The van der Waals surface area contributed by atoms with E-state index in [2.05, 4.69) is 0 Å². The molecule has 0 radical (unpaired) electrons. The number of nitrogens with zero attached hydrogens (tertiary/aromatic N) is 2. The summed E-state index contributed by atoms with van der Waals surface area (Å²) in [6.45, 7) is 6.96. The van der Waals surface area contributed by atoms with Crippen molar-refractivity contribution in [2.45, 2.75) is 33.2 Å². The average Bonchev–Trinajstić information content (AvgIpc) is 2.58. The Kier molecular flexibility index (Phi) is 5.75. The zero-order chi connectivity index (χ0) is 19.5. The number of halogens is 2. The zero-order valence-corrected chi connectivity index (χ0v) is 15.3. The van der Waals surface area contributed by atoms with E-state index in [1.165, 1.54) is 11.1 Å². The van der Waals surface area contributed by atoms with Gasteiger partial charge in [-0.3, -0.25) is 9.59 Å². The standard InChI is InChI=1S/C20H22F2N2O2/c1-5-23(18(25)14-10-7-6-8-11-14)24(20(2,3)4)19(26)17-15(21)12-9-13-16(17)22/h6-13H,5H2,1-4H3. The number of benzene rings is 2. The van der Waals surface area contributed by atoms with Crippen LogP contribution in [0.1, 0.15) is 48.4 Å². The van der Waals surface area contributed by atoms with E-state index in [-0.39, 0.29) is 6.54 Å². The molecule has 2 amide bonds. The van der Waals surface area contributed by atoms with Crippen molar-refractivity contribution in [1.29, 1.82) is 0 Å². The van der Waals surface area contributed by atoms with E-state index in [9.17, 15) is 18.4 Å². The monoisotopic (exact) mass is 360 g/mol. The van der Waals surface area contributed by atoms with E-state index < -0.39 is 34.6 Å². The van der Waals surface area contributed by atoms with Crippen molar-refractivity contribution >= 4 is 11.8 Å². The van der Waals surface area contributed by atoms with E-state index in [0.29, 0.717) is 5.56 Å². The van der Waals surface area contributed by atoms with Gasteiger partial charge in [0.15, 0.2) is 0 Å². The zero-order valence-electron chi connectivity index (χ0n) is 15.3. The highest BCUT2D eigenvalue weighted by molar-refractivity contribution is 5.99. The van der Waals surface area contributed by atoms with Crippen LogP contribution in [0.25, 0.3) is 0 Å². The van der Waals surface area contributed by atoms with Crippen LogP contribution in [0.4, 0.5) is 8.78 Å². The van der Waals surface area contributed by atoms with Crippen molar-refractivity contribution < 1.29 is 18.4 Å². The van der Waals surface area contributed by atoms with Crippen LogP contribution in [0.15, 0.2) is 48.5 Å². The molecule has 0 bridgehead atoms. The third-order valence-corrected chi connectivity index (χ3v) is 3.80. The Morgan fingerprint density at radius 2 is 1.42 bits per heavy atom. The fourth-order valence-corrected chi connectivity index (χ4v) is 2.69. The molecule has 0 spiro atoms. The molecule has 0 N–H and O–H groups in total. The van der Waals surface area contributed by atoms with Crippen molar-refractivity contribution in [2.75, 3.05) is 6.54 Å². The molecule has 2 rings (SSSR count). The number of hydrogen-bond acceptors (Lipinski definition) is 2. The predicted octanol–water partition coefficient (Wildman–Crippen LogP) is 4.28. The Labute approximate surface area is 152 Å². The van der Waals surface area contributed by atoms with Crippen LogP contribution < -0.4 is 0 Å². The quantitative estimate of drug-likeness (QED) is 0.767. The Morgan fingerprint density at radius 1 is 0.885 bits per heavy atom. The van der Waals surface area contributed by atoms with Crippen molar-refractivity contribution in [3.8, 4) is 0 Å². The number of rotatable bonds is 3. The van der Waals surface area contributed by atoms with E-state index in [0.717, 1.165) is 17.1 Å². The van der Waals surface area contributed by atoms with Gasteiger partial charge in [0.1, 0.15) is 17.2 Å². The lowest BCUT2D eigenvalue weighted by molar-refractivity contribution is -0.0416. The summed E-state index contributed by atoms with van der Waals surface area (Å²) in [6.07, 6.45) is 0. The van der Waals surface area contributed by atoms with Crippen LogP contribution in [0, 0.1) is 11.6 Å². The summed E-state index contributed by atoms with van der Waals surface area (Å²) in [5.74, 6) is -3.26. The molecule has 2 aromatic carbocycles. The normalized spacial score (nSPS) is 11.2. The summed E-state index contributed by atoms with van der Waals surface area (Å²) in [7, 11) is 0. The molecular weight excluding hydrogens is 338 g/mol. The lowest BCUT2D eigenvalue weighted by atomic mass is 10.0. The first-order valence-electron chi connectivity index (χ1n) is 8.34. The molecule has 0 heterocycles. The molecule has 0 aliphatic carbocycles. The third-order valence-electron chi connectivity index (χ3n) is 3.80. The summed E-state index contributed by atoms with van der Waals surface area (Å²) >= 11 is 0. The van der Waals surface area contributed by atoms with Gasteiger partial charge >= 0.3 is 0 Å². The van der Waals surface area contributed by atoms with E-state index in [4.69, 9.17) is 0 Å². The Balaban J connectivity index is 2.53. The number of hydrogen-bond donors (Lipinski definition) is 0. The summed E-state index contributed by atoms with van der Waals surface area (Å²) in [5, 5.41) is 2.33. The van der Waals surface area contributed by atoms with Gasteiger partial charge in [-0.2, -0.15) is 0 Å². The van der Waals surface area contributed by atoms with Gasteiger partial charge in [-0.05, 0) is 52.0 Å². The minimum Gasteiger partial charge on any atom is -0.267 e. The average molecular weight is 360 g/mol. The van der Waals surface area contributed by atoms with Crippen LogP contribution in [0.5, 0.6) is 0 Å².